The first kappa shape index (κ1) is 16.2. The maximum absolute atomic E-state index is 11.9. The van der Waals surface area contributed by atoms with Gasteiger partial charge >= 0.3 is 6.09 Å². The Balaban J connectivity index is 1.48. The Morgan fingerprint density at radius 2 is 2.09 bits per heavy atom. The first-order valence-electron chi connectivity index (χ1n) is 8.79. The fraction of sp³-hybridized carbons (Fsp3) is 0.812. The van der Waals surface area contributed by atoms with Gasteiger partial charge in [-0.2, -0.15) is 5.10 Å². The van der Waals surface area contributed by atoms with Crippen LogP contribution in [0.5, 0.6) is 0 Å². The van der Waals surface area contributed by atoms with Gasteiger partial charge in [-0.3, -0.25) is 5.10 Å². The summed E-state index contributed by atoms with van der Waals surface area (Å²) in [5.41, 5.74) is 0. The summed E-state index contributed by atoms with van der Waals surface area (Å²) in [6.45, 7) is 6.16. The molecule has 3 heterocycles. The largest absolute Gasteiger partial charge is 0.450 e. The van der Waals surface area contributed by atoms with E-state index in [1.807, 2.05) is 11.8 Å². The van der Waals surface area contributed by atoms with Crippen LogP contribution in [0.1, 0.15) is 50.8 Å². The molecule has 1 unspecified atom stereocenters. The van der Waals surface area contributed by atoms with Crippen LogP contribution in [0.2, 0.25) is 0 Å². The van der Waals surface area contributed by atoms with E-state index < -0.39 is 0 Å². The number of hydrogen-bond donors (Lipinski definition) is 1. The van der Waals surface area contributed by atoms with Gasteiger partial charge in [0.1, 0.15) is 12.2 Å². The van der Waals surface area contributed by atoms with Gasteiger partial charge < -0.3 is 14.5 Å². The minimum absolute atomic E-state index is 0.155. The maximum atomic E-state index is 11.9. The number of ether oxygens (including phenoxy) is 1. The van der Waals surface area contributed by atoms with E-state index in [4.69, 9.17) is 4.74 Å². The van der Waals surface area contributed by atoms with E-state index in [0.29, 0.717) is 18.6 Å². The molecule has 1 aromatic rings. The topological polar surface area (TPSA) is 74.3 Å². The van der Waals surface area contributed by atoms with Crippen LogP contribution in [0.3, 0.4) is 0 Å². The van der Waals surface area contributed by atoms with Crippen LogP contribution in [-0.2, 0) is 4.74 Å². The Morgan fingerprint density at radius 3 is 2.78 bits per heavy atom. The van der Waals surface area contributed by atoms with Gasteiger partial charge in [-0.1, -0.05) is 0 Å². The lowest BCUT2D eigenvalue weighted by atomic mass is 9.94. The number of aromatic amines is 1. The molecule has 1 aromatic heterocycles. The number of carbonyl (C=O) groups excluding carboxylic acids is 1. The lowest BCUT2D eigenvalue weighted by Gasteiger charge is -2.36. The van der Waals surface area contributed by atoms with Crippen LogP contribution in [0.15, 0.2) is 6.33 Å². The molecular weight excluding hydrogens is 294 g/mol. The molecule has 0 spiro atoms. The second-order valence-electron chi connectivity index (χ2n) is 6.45. The van der Waals surface area contributed by atoms with Gasteiger partial charge in [-0.15, -0.1) is 0 Å². The number of likely N-dealkylation sites (tertiary alicyclic amines) is 2. The average Bonchev–Trinajstić information content (AvgIpc) is 3.00. The number of hydrogen-bond acceptors (Lipinski definition) is 5. The number of rotatable bonds is 3. The summed E-state index contributed by atoms with van der Waals surface area (Å²) < 4.78 is 5.13. The van der Waals surface area contributed by atoms with E-state index in [-0.39, 0.29) is 6.09 Å². The Kier molecular flexibility index (Phi) is 5.48. The van der Waals surface area contributed by atoms with Crippen molar-refractivity contribution in [2.45, 2.75) is 51.0 Å². The third kappa shape index (κ3) is 4.02. The van der Waals surface area contributed by atoms with Crippen molar-refractivity contribution in [1.29, 1.82) is 0 Å². The molecule has 2 aliphatic rings. The summed E-state index contributed by atoms with van der Waals surface area (Å²) in [7, 11) is 0. The fourth-order valence-corrected chi connectivity index (χ4v) is 3.79. The van der Waals surface area contributed by atoms with E-state index in [2.05, 4.69) is 20.1 Å². The zero-order valence-electron chi connectivity index (χ0n) is 13.9. The summed E-state index contributed by atoms with van der Waals surface area (Å²) in [4.78, 5) is 20.6. The molecule has 1 N–H and O–H groups in total. The van der Waals surface area contributed by atoms with E-state index >= 15 is 0 Å². The number of H-pyrrole nitrogens is 1. The Morgan fingerprint density at radius 1 is 1.26 bits per heavy atom. The van der Waals surface area contributed by atoms with Crippen molar-refractivity contribution in [3.63, 3.8) is 0 Å². The molecule has 1 amide bonds. The fourth-order valence-electron chi connectivity index (χ4n) is 3.79. The third-order valence-corrected chi connectivity index (χ3v) is 5.09. The predicted molar refractivity (Wildman–Crippen MR) is 86.2 cm³/mol. The lowest BCUT2D eigenvalue weighted by Crippen LogP contribution is -2.42. The molecule has 1 atom stereocenters. The molecule has 23 heavy (non-hydrogen) atoms. The van der Waals surface area contributed by atoms with Crippen LogP contribution in [0.25, 0.3) is 0 Å². The highest BCUT2D eigenvalue weighted by atomic mass is 16.6. The van der Waals surface area contributed by atoms with Crippen LogP contribution in [-0.4, -0.2) is 69.9 Å². The van der Waals surface area contributed by atoms with Crippen LogP contribution < -0.4 is 0 Å². The summed E-state index contributed by atoms with van der Waals surface area (Å²) in [5, 5.41) is 6.96. The van der Waals surface area contributed by atoms with Crippen molar-refractivity contribution in [3.8, 4) is 0 Å². The highest BCUT2D eigenvalue weighted by Gasteiger charge is 2.29. The predicted octanol–water partition coefficient (Wildman–Crippen LogP) is 2.00. The first-order chi connectivity index (χ1) is 11.3. The lowest BCUT2D eigenvalue weighted by molar-refractivity contribution is 0.105. The van der Waals surface area contributed by atoms with Crippen LogP contribution in [0.4, 0.5) is 4.79 Å². The van der Waals surface area contributed by atoms with Gasteiger partial charge in [0.05, 0.1) is 6.61 Å². The van der Waals surface area contributed by atoms with Crippen LogP contribution in [0, 0.1) is 0 Å². The van der Waals surface area contributed by atoms with Gasteiger partial charge in [0.25, 0.3) is 0 Å². The van der Waals surface area contributed by atoms with Gasteiger partial charge in [0.15, 0.2) is 0 Å². The molecule has 7 heteroatoms. The summed E-state index contributed by atoms with van der Waals surface area (Å²) in [6, 6.07) is 0.588. The summed E-state index contributed by atoms with van der Waals surface area (Å²) in [6.07, 6.45) is 6.98. The van der Waals surface area contributed by atoms with Gasteiger partial charge in [0, 0.05) is 25.0 Å². The minimum atomic E-state index is -0.155. The molecule has 128 valence electrons. The second-order valence-corrected chi connectivity index (χ2v) is 6.45. The van der Waals surface area contributed by atoms with E-state index in [9.17, 15) is 4.79 Å². The molecule has 2 fully saturated rings. The van der Waals surface area contributed by atoms with Crippen molar-refractivity contribution >= 4 is 6.09 Å². The quantitative estimate of drug-likeness (QED) is 0.921. The first-order valence-corrected chi connectivity index (χ1v) is 8.79. The zero-order chi connectivity index (χ0) is 16.1. The zero-order valence-corrected chi connectivity index (χ0v) is 13.9. The number of amides is 1. The number of carbonyl (C=O) groups is 1. The number of piperidine rings is 1. The highest BCUT2D eigenvalue weighted by Crippen LogP contribution is 2.28. The van der Waals surface area contributed by atoms with Crippen molar-refractivity contribution in [2.75, 3.05) is 32.8 Å². The molecule has 2 aliphatic heterocycles. The third-order valence-electron chi connectivity index (χ3n) is 5.09. The van der Waals surface area contributed by atoms with Gasteiger partial charge in [0.2, 0.25) is 0 Å². The van der Waals surface area contributed by atoms with Crippen molar-refractivity contribution in [3.05, 3.63) is 12.2 Å². The molecule has 0 aliphatic carbocycles. The Bertz CT molecular complexity index is 485. The smallest absolute Gasteiger partial charge is 0.409 e. The Hall–Kier alpha value is -1.63. The molecule has 2 saturated heterocycles. The summed E-state index contributed by atoms with van der Waals surface area (Å²) in [5.74, 6) is 1.54. The van der Waals surface area contributed by atoms with E-state index in [0.717, 1.165) is 57.7 Å². The maximum Gasteiger partial charge on any atom is 0.409 e. The van der Waals surface area contributed by atoms with Crippen molar-refractivity contribution < 1.29 is 9.53 Å². The number of aromatic nitrogens is 3. The molecule has 0 saturated carbocycles. The SMILES string of the molecule is CCOC(=O)N1CCCC(N2CCC(c3ncn[nH]3)CC2)CC1. The van der Waals surface area contributed by atoms with Crippen molar-refractivity contribution in [2.24, 2.45) is 0 Å². The normalized spacial score (nSPS) is 24.4. The van der Waals surface area contributed by atoms with Crippen LogP contribution >= 0.6 is 0 Å². The van der Waals surface area contributed by atoms with E-state index in [1.54, 1.807) is 6.33 Å². The number of nitrogens with zero attached hydrogens (tertiary/aromatic N) is 4. The molecule has 7 nitrogen and oxygen atoms in total. The second kappa shape index (κ2) is 7.77. The van der Waals surface area contributed by atoms with Gasteiger partial charge in [-0.05, 0) is 52.1 Å². The Labute approximate surface area is 137 Å². The average molecular weight is 321 g/mol. The summed E-state index contributed by atoms with van der Waals surface area (Å²) >= 11 is 0. The molecular formula is C16H27N5O2. The van der Waals surface area contributed by atoms with E-state index in [1.165, 1.54) is 6.42 Å². The monoisotopic (exact) mass is 321 g/mol. The highest BCUT2D eigenvalue weighted by molar-refractivity contribution is 5.67. The molecule has 0 aromatic carbocycles. The minimum Gasteiger partial charge on any atom is -0.450 e. The standard InChI is InChI=1S/C16H27N5O2/c1-2-23-16(22)21-8-3-4-14(7-11-21)20-9-5-13(6-10-20)15-17-12-18-19-15/h12-14H,2-11H2,1H3,(H,17,18,19). The van der Waals surface area contributed by atoms with Crippen molar-refractivity contribution in [1.82, 2.24) is 25.0 Å². The molecule has 0 bridgehead atoms. The number of nitrogens with one attached hydrogen (secondary N) is 1. The molecule has 3 rings (SSSR count). The molecule has 0 radical (unpaired) electrons. The van der Waals surface area contributed by atoms with Gasteiger partial charge in [-0.25, -0.2) is 9.78 Å².